The molecular formula is C19H16F3N3O4. The zero-order chi connectivity index (χ0) is 21.0. The lowest BCUT2D eigenvalue weighted by Gasteiger charge is -2.10. The number of amides is 1. The molecule has 0 aliphatic heterocycles. The van der Waals surface area contributed by atoms with Gasteiger partial charge in [0.2, 0.25) is 0 Å². The molecule has 29 heavy (non-hydrogen) atoms. The fourth-order valence-electron chi connectivity index (χ4n) is 2.48. The Kier molecular flexibility index (Phi) is 5.62. The number of rotatable bonds is 6. The van der Waals surface area contributed by atoms with Crippen LogP contribution in [0.25, 0.3) is 11.3 Å². The summed E-state index contributed by atoms with van der Waals surface area (Å²) < 4.78 is 53.9. The molecule has 0 fully saturated rings. The first-order chi connectivity index (χ1) is 13.8. The normalized spacial score (nSPS) is 11.1. The Morgan fingerprint density at radius 2 is 1.86 bits per heavy atom. The second-order valence-corrected chi connectivity index (χ2v) is 5.80. The van der Waals surface area contributed by atoms with E-state index in [0.29, 0.717) is 17.1 Å². The molecule has 2 N–H and O–H groups in total. The van der Waals surface area contributed by atoms with Crippen molar-refractivity contribution in [3.05, 3.63) is 59.8 Å². The van der Waals surface area contributed by atoms with Crippen molar-refractivity contribution in [1.82, 2.24) is 10.6 Å². The Labute approximate surface area is 163 Å². The van der Waals surface area contributed by atoms with Crippen molar-refractivity contribution in [2.75, 3.05) is 19.6 Å². The molecular weight excluding hydrogens is 391 g/mol. The SMILES string of the molecule is COc1ccc(OC)c(-c2cc(C(=O)NNc3cccc(C(F)(F)F)c3)no2)c1. The number of methoxy groups -OCH3 is 2. The van der Waals surface area contributed by atoms with Crippen molar-refractivity contribution in [3.63, 3.8) is 0 Å². The summed E-state index contributed by atoms with van der Waals surface area (Å²) in [6.07, 6.45) is -4.49. The third-order valence-electron chi connectivity index (χ3n) is 3.93. The van der Waals surface area contributed by atoms with Gasteiger partial charge in [-0.1, -0.05) is 11.2 Å². The number of ether oxygens (including phenoxy) is 2. The van der Waals surface area contributed by atoms with Gasteiger partial charge in [0.15, 0.2) is 11.5 Å². The minimum Gasteiger partial charge on any atom is -0.497 e. The maximum Gasteiger partial charge on any atom is 0.416 e. The summed E-state index contributed by atoms with van der Waals surface area (Å²) in [5, 5.41) is 3.69. The molecule has 0 radical (unpaired) electrons. The lowest BCUT2D eigenvalue weighted by atomic mass is 10.1. The van der Waals surface area contributed by atoms with Crippen molar-refractivity contribution in [2.24, 2.45) is 0 Å². The van der Waals surface area contributed by atoms with E-state index in [1.54, 1.807) is 18.2 Å². The highest BCUT2D eigenvalue weighted by molar-refractivity contribution is 5.94. The Hall–Kier alpha value is -3.69. The number of benzene rings is 2. The molecule has 0 atom stereocenters. The first-order valence-electron chi connectivity index (χ1n) is 8.24. The predicted molar refractivity (Wildman–Crippen MR) is 97.6 cm³/mol. The van der Waals surface area contributed by atoms with E-state index in [9.17, 15) is 18.0 Å². The molecule has 10 heteroatoms. The molecule has 1 aromatic heterocycles. The molecule has 0 aliphatic carbocycles. The molecule has 1 heterocycles. The van der Waals surface area contributed by atoms with Gasteiger partial charge in [0.25, 0.3) is 5.91 Å². The van der Waals surface area contributed by atoms with Gasteiger partial charge in [-0.3, -0.25) is 15.6 Å². The van der Waals surface area contributed by atoms with Crippen LogP contribution in [-0.4, -0.2) is 25.3 Å². The number of anilines is 1. The van der Waals surface area contributed by atoms with Gasteiger partial charge < -0.3 is 14.0 Å². The van der Waals surface area contributed by atoms with Crippen LogP contribution >= 0.6 is 0 Å². The fourth-order valence-corrected chi connectivity index (χ4v) is 2.48. The molecule has 152 valence electrons. The number of carbonyl (C=O) groups is 1. The van der Waals surface area contributed by atoms with Crippen molar-refractivity contribution in [3.8, 4) is 22.8 Å². The summed E-state index contributed by atoms with van der Waals surface area (Å²) in [7, 11) is 2.98. The number of hydrazine groups is 1. The average molecular weight is 407 g/mol. The van der Waals surface area contributed by atoms with Gasteiger partial charge in [-0.05, 0) is 36.4 Å². The molecule has 0 bridgehead atoms. The number of carbonyl (C=O) groups excluding carboxylic acids is 1. The fraction of sp³-hybridized carbons (Fsp3) is 0.158. The number of alkyl halides is 3. The van der Waals surface area contributed by atoms with E-state index in [2.05, 4.69) is 16.0 Å². The van der Waals surface area contributed by atoms with E-state index < -0.39 is 17.6 Å². The molecule has 2 aromatic carbocycles. The van der Waals surface area contributed by atoms with Crippen LogP contribution in [0, 0.1) is 0 Å². The van der Waals surface area contributed by atoms with Crippen molar-refractivity contribution >= 4 is 11.6 Å². The second kappa shape index (κ2) is 8.13. The third kappa shape index (κ3) is 4.60. The summed E-state index contributed by atoms with van der Waals surface area (Å²) in [4.78, 5) is 12.2. The number of aromatic nitrogens is 1. The van der Waals surface area contributed by atoms with E-state index in [0.717, 1.165) is 12.1 Å². The minimum atomic E-state index is -4.49. The van der Waals surface area contributed by atoms with E-state index in [4.69, 9.17) is 14.0 Å². The molecule has 0 unspecified atom stereocenters. The van der Waals surface area contributed by atoms with E-state index in [1.807, 2.05) is 0 Å². The molecule has 0 saturated heterocycles. The van der Waals surface area contributed by atoms with Crippen LogP contribution in [0.15, 0.2) is 53.1 Å². The van der Waals surface area contributed by atoms with Gasteiger partial charge in [0, 0.05) is 6.07 Å². The highest BCUT2D eigenvalue weighted by atomic mass is 19.4. The van der Waals surface area contributed by atoms with Crippen LogP contribution in [0.3, 0.4) is 0 Å². The molecule has 3 rings (SSSR count). The number of nitrogens with one attached hydrogen (secondary N) is 2. The smallest absolute Gasteiger partial charge is 0.416 e. The molecule has 7 nitrogen and oxygen atoms in total. The highest BCUT2D eigenvalue weighted by Crippen LogP contribution is 2.34. The summed E-state index contributed by atoms with van der Waals surface area (Å²) in [5.41, 5.74) is 4.35. The van der Waals surface area contributed by atoms with Gasteiger partial charge in [-0.2, -0.15) is 13.2 Å². The first kappa shape index (κ1) is 20.1. The standard InChI is InChI=1S/C19H16F3N3O4/c1-27-13-6-7-16(28-2)14(9-13)17-10-15(25-29-17)18(26)24-23-12-5-3-4-11(8-12)19(20,21)22/h3-10,23H,1-2H3,(H,24,26). The summed E-state index contributed by atoms with van der Waals surface area (Å²) in [6.45, 7) is 0. The predicted octanol–water partition coefficient (Wildman–Crippen LogP) is 4.13. The van der Waals surface area contributed by atoms with Crippen LogP contribution in [-0.2, 0) is 6.18 Å². The van der Waals surface area contributed by atoms with Crippen LogP contribution in [0.2, 0.25) is 0 Å². The van der Waals surface area contributed by atoms with Crippen LogP contribution in [0.1, 0.15) is 16.1 Å². The van der Waals surface area contributed by atoms with Crippen LogP contribution < -0.4 is 20.3 Å². The van der Waals surface area contributed by atoms with E-state index in [1.165, 1.54) is 32.4 Å². The monoisotopic (exact) mass is 407 g/mol. The quantitative estimate of drug-likeness (QED) is 0.598. The van der Waals surface area contributed by atoms with E-state index in [-0.39, 0.29) is 17.1 Å². The van der Waals surface area contributed by atoms with Gasteiger partial charge in [-0.15, -0.1) is 0 Å². The topological polar surface area (TPSA) is 85.6 Å². The van der Waals surface area contributed by atoms with E-state index >= 15 is 0 Å². The van der Waals surface area contributed by atoms with Crippen LogP contribution in [0.5, 0.6) is 11.5 Å². The third-order valence-corrected chi connectivity index (χ3v) is 3.93. The Balaban J connectivity index is 1.74. The zero-order valence-corrected chi connectivity index (χ0v) is 15.3. The molecule has 0 spiro atoms. The lowest BCUT2D eigenvalue weighted by molar-refractivity contribution is -0.137. The average Bonchev–Trinajstić information content (AvgIpc) is 3.21. The summed E-state index contributed by atoms with van der Waals surface area (Å²) in [5.74, 6) is 0.592. The van der Waals surface area contributed by atoms with Crippen molar-refractivity contribution in [1.29, 1.82) is 0 Å². The Bertz CT molecular complexity index is 1020. The molecule has 3 aromatic rings. The van der Waals surface area contributed by atoms with Gasteiger partial charge in [0.1, 0.15) is 11.5 Å². The second-order valence-electron chi connectivity index (χ2n) is 5.80. The number of hydrogen-bond donors (Lipinski definition) is 2. The number of halogens is 3. The van der Waals surface area contributed by atoms with Crippen LogP contribution in [0.4, 0.5) is 18.9 Å². The zero-order valence-electron chi connectivity index (χ0n) is 15.3. The van der Waals surface area contributed by atoms with Gasteiger partial charge in [0.05, 0.1) is 31.0 Å². The lowest BCUT2D eigenvalue weighted by Crippen LogP contribution is -2.29. The van der Waals surface area contributed by atoms with Gasteiger partial charge in [-0.25, -0.2) is 0 Å². The molecule has 0 saturated carbocycles. The highest BCUT2D eigenvalue weighted by Gasteiger charge is 2.30. The molecule has 0 aliphatic rings. The first-order valence-corrected chi connectivity index (χ1v) is 8.24. The maximum atomic E-state index is 12.8. The minimum absolute atomic E-state index is 0.0614. The van der Waals surface area contributed by atoms with Crippen molar-refractivity contribution < 1.29 is 32.0 Å². The maximum absolute atomic E-state index is 12.8. The number of hydrogen-bond acceptors (Lipinski definition) is 6. The number of nitrogens with zero attached hydrogens (tertiary/aromatic N) is 1. The molecule has 1 amide bonds. The Morgan fingerprint density at radius 3 is 2.55 bits per heavy atom. The van der Waals surface area contributed by atoms with Gasteiger partial charge >= 0.3 is 6.18 Å². The largest absolute Gasteiger partial charge is 0.497 e. The van der Waals surface area contributed by atoms with Crippen molar-refractivity contribution in [2.45, 2.75) is 6.18 Å². The Morgan fingerprint density at radius 1 is 1.07 bits per heavy atom. The summed E-state index contributed by atoms with van der Waals surface area (Å²) in [6, 6.07) is 10.8. The summed E-state index contributed by atoms with van der Waals surface area (Å²) >= 11 is 0.